The highest BCUT2D eigenvalue weighted by atomic mass is 19.1. The van der Waals surface area contributed by atoms with Crippen molar-refractivity contribution in [3.8, 4) is 0 Å². The van der Waals surface area contributed by atoms with Crippen LogP contribution in [0.3, 0.4) is 0 Å². The number of aromatic nitrogens is 2. The Morgan fingerprint density at radius 1 is 1.24 bits per heavy atom. The number of nitrogens with zero attached hydrogens (tertiary/aromatic N) is 3. The molecule has 0 aliphatic heterocycles. The first-order valence-corrected chi connectivity index (χ1v) is 7.72. The Hall–Kier alpha value is -3.28. The molecule has 126 valence electrons. The maximum absolute atomic E-state index is 13.9. The van der Waals surface area contributed by atoms with E-state index in [1.165, 1.54) is 27.6 Å². The van der Waals surface area contributed by atoms with Crippen LogP contribution in [0.25, 0.3) is 5.65 Å². The summed E-state index contributed by atoms with van der Waals surface area (Å²) < 4.78 is 15.2. The van der Waals surface area contributed by atoms with Gasteiger partial charge in [-0.25, -0.2) is 9.37 Å². The smallest absolute Gasteiger partial charge is 0.270 e. The van der Waals surface area contributed by atoms with Crippen molar-refractivity contribution in [1.82, 2.24) is 14.3 Å². The number of rotatable bonds is 5. The lowest BCUT2D eigenvalue weighted by molar-refractivity contribution is 0.0759. The Morgan fingerprint density at radius 3 is 2.76 bits per heavy atom. The summed E-state index contributed by atoms with van der Waals surface area (Å²) in [6.45, 7) is 3.85. The number of pyridine rings is 1. The molecule has 0 saturated carbocycles. The molecule has 0 radical (unpaired) electrons. The standard InChI is InChI=1S/C19H16FN3O2/c1-2-10-22(13-14-7-3-4-8-16(14)20)18(24)15-12-21-17-9-5-6-11-23(17)19(15)25/h2-9,11-12H,1,10,13H2. The molecule has 6 heteroatoms. The Labute approximate surface area is 143 Å². The molecule has 3 aromatic rings. The molecule has 2 aromatic heterocycles. The van der Waals surface area contributed by atoms with Crippen LogP contribution in [0.4, 0.5) is 4.39 Å². The van der Waals surface area contributed by atoms with Gasteiger partial charge in [-0.2, -0.15) is 0 Å². The lowest BCUT2D eigenvalue weighted by Crippen LogP contribution is -2.36. The van der Waals surface area contributed by atoms with E-state index in [4.69, 9.17) is 0 Å². The summed E-state index contributed by atoms with van der Waals surface area (Å²) in [5.41, 5.74) is 0.292. The van der Waals surface area contributed by atoms with Crippen molar-refractivity contribution < 1.29 is 9.18 Å². The normalized spacial score (nSPS) is 10.6. The van der Waals surface area contributed by atoms with Gasteiger partial charge in [-0.15, -0.1) is 6.58 Å². The summed E-state index contributed by atoms with van der Waals surface area (Å²) in [7, 11) is 0. The zero-order valence-electron chi connectivity index (χ0n) is 13.4. The van der Waals surface area contributed by atoms with E-state index in [1.807, 2.05) is 0 Å². The first-order chi connectivity index (χ1) is 12.1. The third-order valence-corrected chi connectivity index (χ3v) is 3.80. The van der Waals surface area contributed by atoms with Gasteiger partial charge in [0.25, 0.3) is 11.5 Å². The van der Waals surface area contributed by atoms with Gasteiger partial charge in [-0.1, -0.05) is 30.3 Å². The van der Waals surface area contributed by atoms with E-state index in [0.29, 0.717) is 11.2 Å². The summed E-state index contributed by atoms with van der Waals surface area (Å²) in [6, 6.07) is 11.3. The highest BCUT2D eigenvalue weighted by Crippen LogP contribution is 2.12. The van der Waals surface area contributed by atoms with Crippen LogP contribution in [0.2, 0.25) is 0 Å². The van der Waals surface area contributed by atoms with Crippen LogP contribution in [0.15, 0.2) is 72.3 Å². The number of halogens is 1. The lowest BCUT2D eigenvalue weighted by atomic mass is 10.2. The van der Waals surface area contributed by atoms with Gasteiger partial charge >= 0.3 is 0 Å². The van der Waals surface area contributed by atoms with Crippen molar-refractivity contribution in [3.63, 3.8) is 0 Å². The summed E-state index contributed by atoms with van der Waals surface area (Å²) >= 11 is 0. The molecule has 0 aliphatic carbocycles. The molecule has 3 rings (SSSR count). The average molecular weight is 337 g/mol. The molecule has 0 unspecified atom stereocenters. The van der Waals surface area contributed by atoms with Crippen LogP contribution in [0, 0.1) is 5.82 Å². The molecule has 0 N–H and O–H groups in total. The van der Waals surface area contributed by atoms with E-state index in [2.05, 4.69) is 11.6 Å². The Morgan fingerprint density at radius 2 is 2.00 bits per heavy atom. The first-order valence-electron chi connectivity index (χ1n) is 7.72. The van der Waals surface area contributed by atoms with Gasteiger partial charge in [0.2, 0.25) is 0 Å². The molecule has 1 amide bonds. The second kappa shape index (κ2) is 7.09. The van der Waals surface area contributed by atoms with Gasteiger partial charge in [-0.3, -0.25) is 14.0 Å². The Kier molecular flexibility index (Phi) is 4.70. The van der Waals surface area contributed by atoms with Gasteiger partial charge in [0.15, 0.2) is 0 Å². The third-order valence-electron chi connectivity index (χ3n) is 3.80. The fourth-order valence-corrected chi connectivity index (χ4v) is 2.55. The van der Waals surface area contributed by atoms with Gasteiger partial charge < -0.3 is 4.90 Å². The highest BCUT2D eigenvalue weighted by Gasteiger charge is 2.20. The molecule has 25 heavy (non-hydrogen) atoms. The van der Waals surface area contributed by atoms with Gasteiger partial charge in [-0.05, 0) is 18.2 Å². The van der Waals surface area contributed by atoms with Crippen LogP contribution >= 0.6 is 0 Å². The van der Waals surface area contributed by atoms with Crippen molar-refractivity contribution in [1.29, 1.82) is 0 Å². The summed E-state index contributed by atoms with van der Waals surface area (Å²) in [6.07, 6.45) is 4.35. The maximum Gasteiger partial charge on any atom is 0.270 e. The minimum Gasteiger partial charge on any atom is -0.330 e. The fraction of sp³-hybridized carbons (Fsp3) is 0.105. The van der Waals surface area contributed by atoms with Crippen LogP contribution in [-0.4, -0.2) is 26.7 Å². The summed E-state index contributed by atoms with van der Waals surface area (Å²) in [5, 5.41) is 0. The number of hydrogen-bond donors (Lipinski definition) is 0. The number of carbonyl (C=O) groups excluding carboxylic acids is 1. The van der Waals surface area contributed by atoms with Gasteiger partial charge in [0, 0.05) is 31.0 Å². The minimum atomic E-state index is -0.515. The zero-order chi connectivity index (χ0) is 17.8. The van der Waals surface area contributed by atoms with Gasteiger partial charge in [0.1, 0.15) is 17.0 Å². The van der Waals surface area contributed by atoms with E-state index < -0.39 is 17.3 Å². The number of fused-ring (bicyclic) bond motifs is 1. The van der Waals surface area contributed by atoms with Crippen LogP contribution < -0.4 is 5.56 Å². The topological polar surface area (TPSA) is 54.7 Å². The molecule has 2 heterocycles. The van der Waals surface area contributed by atoms with E-state index in [-0.39, 0.29) is 18.7 Å². The molecule has 0 saturated heterocycles. The molecule has 5 nitrogen and oxygen atoms in total. The minimum absolute atomic E-state index is 0.0362. The maximum atomic E-state index is 13.9. The molecule has 0 spiro atoms. The zero-order valence-corrected chi connectivity index (χ0v) is 13.4. The van der Waals surface area contributed by atoms with Crippen molar-refractivity contribution in [2.24, 2.45) is 0 Å². The molecule has 0 fully saturated rings. The molecular formula is C19H16FN3O2. The number of amides is 1. The van der Waals surface area contributed by atoms with E-state index in [0.717, 1.165) is 0 Å². The van der Waals surface area contributed by atoms with Crippen molar-refractivity contribution >= 4 is 11.6 Å². The average Bonchev–Trinajstić information content (AvgIpc) is 2.63. The molecule has 0 atom stereocenters. The lowest BCUT2D eigenvalue weighted by Gasteiger charge is -2.21. The van der Waals surface area contributed by atoms with Crippen LogP contribution in [-0.2, 0) is 6.54 Å². The Bertz CT molecular complexity index is 997. The van der Waals surface area contributed by atoms with E-state index >= 15 is 0 Å². The highest BCUT2D eigenvalue weighted by molar-refractivity contribution is 5.93. The third kappa shape index (κ3) is 3.33. The monoisotopic (exact) mass is 337 g/mol. The van der Waals surface area contributed by atoms with Crippen LogP contribution in [0.5, 0.6) is 0 Å². The van der Waals surface area contributed by atoms with Crippen molar-refractivity contribution in [2.75, 3.05) is 6.54 Å². The summed E-state index contributed by atoms with van der Waals surface area (Å²) in [4.78, 5) is 30.9. The SMILES string of the molecule is C=CCN(Cc1ccccc1F)C(=O)c1cnc2ccccn2c1=O. The molecular weight excluding hydrogens is 321 g/mol. The van der Waals surface area contributed by atoms with Crippen molar-refractivity contribution in [2.45, 2.75) is 6.54 Å². The first kappa shape index (κ1) is 16.6. The fourth-order valence-electron chi connectivity index (χ4n) is 2.55. The van der Waals surface area contributed by atoms with Gasteiger partial charge in [0.05, 0.1) is 0 Å². The number of hydrogen-bond acceptors (Lipinski definition) is 3. The van der Waals surface area contributed by atoms with Crippen molar-refractivity contribution in [3.05, 3.63) is 94.8 Å². The summed E-state index contributed by atoms with van der Waals surface area (Å²) in [5.74, 6) is -0.920. The van der Waals surface area contributed by atoms with Crippen LogP contribution in [0.1, 0.15) is 15.9 Å². The molecule has 0 aliphatic rings. The predicted octanol–water partition coefficient (Wildman–Crippen LogP) is 2.66. The molecule has 1 aromatic carbocycles. The number of benzene rings is 1. The van der Waals surface area contributed by atoms with E-state index in [9.17, 15) is 14.0 Å². The molecule has 0 bridgehead atoms. The largest absolute Gasteiger partial charge is 0.330 e. The van der Waals surface area contributed by atoms with E-state index in [1.54, 1.807) is 42.6 Å². The predicted molar refractivity (Wildman–Crippen MR) is 92.8 cm³/mol. The second-order valence-electron chi connectivity index (χ2n) is 5.47. The number of carbonyl (C=O) groups is 1. The second-order valence-corrected chi connectivity index (χ2v) is 5.47. The Balaban J connectivity index is 1.98. The quantitative estimate of drug-likeness (QED) is 0.673.